The van der Waals surface area contributed by atoms with E-state index in [0.29, 0.717) is 11.7 Å². The van der Waals surface area contributed by atoms with Crippen LogP contribution in [0.25, 0.3) is 0 Å². The van der Waals surface area contributed by atoms with Gasteiger partial charge in [-0.25, -0.2) is 0 Å². The third kappa shape index (κ3) is 2.67. The van der Waals surface area contributed by atoms with Gasteiger partial charge in [-0.2, -0.15) is 4.98 Å². The lowest BCUT2D eigenvalue weighted by atomic mass is 10.4. The molecule has 1 aromatic rings. The van der Waals surface area contributed by atoms with Crippen molar-refractivity contribution in [1.82, 2.24) is 15.5 Å². The largest absolute Gasteiger partial charge is 0.339 e. The molecule has 0 spiro atoms. The fourth-order valence-electron chi connectivity index (χ4n) is 0.814. The highest BCUT2D eigenvalue weighted by Gasteiger charge is 1.99. The standard InChI is InChI=1S/C7H13N3O/c1-3-8-5-4-7-9-6(2)10-11-7/h8H,3-5H2,1-2H3. The first-order valence-electron chi connectivity index (χ1n) is 3.83. The SMILES string of the molecule is CCNCCc1nc(C)no1. The van der Waals surface area contributed by atoms with Crippen molar-refractivity contribution in [1.29, 1.82) is 0 Å². The van der Waals surface area contributed by atoms with Crippen LogP contribution in [0, 0.1) is 6.92 Å². The summed E-state index contributed by atoms with van der Waals surface area (Å²) in [4.78, 5) is 4.06. The van der Waals surface area contributed by atoms with E-state index in [1.54, 1.807) is 0 Å². The average molecular weight is 155 g/mol. The van der Waals surface area contributed by atoms with Crippen LogP contribution in [0.2, 0.25) is 0 Å². The molecule has 0 aliphatic heterocycles. The smallest absolute Gasteiger partial charge is 0.227 e. The molecule has 0 saturated heterocycles. The molecule has 0 unspecified atom stereocenters. The zero-order valence-electron chi connectivity index (χ0n) is 6.92. The lowest BCUT2D eigenvalue weighted by molar-refractivity contribution is 0.373. The molecule has 0 radical (unpaired) electrons. The van der Waals surface area contributed by atoms with Gasteiger partial charge in [0.1, 0.15) is 0 Å². The molecule has 1 rings (SSSR count). The Labute approximate surface area is 66.0 Å². The Bertz CT molecular complexity index is 209. The third-order valence-corrected chi connectivity index (χ3v) is 1.34. The zero-order valence-corrected chi connectivity index (χ0v) is 6.92. The van der Waals surface area contributed by atoms with Crippen molar-refractivity contribution in [2.24, 2.45) is 0 Å². The maximum Gasteiger partial charge on any atom is 0.227 e. The first-order chi connectivity index (χ1) is 5.33. The Morgan fingerprint density at radius 1 is 1.55 bits per heavy atom. The first-order valence-corrected chi connectivity index (χ1v) is 3.83. The molecule has 1 N–H and O–H groups in total. The van der Waals surface area contributed by atoms with Crippen molar-refractivity contribution in [3.8, 4) is 0 Å². The van der Waals surface area contributed by atoms with Gasteiger partial charge in [0.05, 0.1) is 0 Å². The van der Waals surface area contributed by atoms with Crippen LogP contribution in [0.4, 0.5) is 0 Å². The van der Waals surface area contributed by atoms with Crippen LogP contribution in [-0.2, 0) is 6.42 Å². The average Bonchev–Trinajstić information content (AvgIpc) is 2.37. The molecule has 0 aliphatic rings. The van der Waals surface area contributed by atoms with Gasteiger partial charge in [-0.1, -0.05) is 12.1 Å². The molecule has 11 heavy (non-hydrogen) atoms. The van der Waals surface area contributed by atoms with Gasteiger partial charge in [0.25, 0.3) is 0 Å². The number of likely N-dealkylation sites (N-methyl/N-ethyl adjacent to an activating group) is 1. The van der Waals surface area contributed by atoms with E-state index >= 15 is 0 Å². The monoisotopic (exact) mass is 155 g/mol. The van der Waals surface area contributed by atoms with Crippen molar-refractivity contribution in [3.63, 3.8) is 0 Å². The second kappa shape index (κ2) is 4.08. The maximum atomic E-state index is 4.91. The molecule has 62 valence electrons. The molecular formula is C7H13N3O. The maximum absolute atomic E-state index is 4.91. The molecule has 0 bridgehead atoms. The molecule has 0 aliphatic carbocycles. The van der Waals surface area contributed by atoms with Crippen LogP contribution >= 0.6 is 0 Å². The van der Waals surface area contributed by atoms with Gasteiger partial charge in [-0.05, 0) is 13.5 Å². The Hall–Kier alpha value is -0.900. The van der Waals surface area contributed by atoms with Crippen LogP contribution in [0.5, 0.6) is 0 Å². The summed E-state index contributed by atoms with van der Waals surface area (Å²) in [6.07, 6.45) is 0.814. The van der Waals surface area contributed by atoms with E-state index in [1.165, 1.54) is 0 Å². The Morgan fingerprint density at radius 2 is 2.36 bits per heavy atom. The highest BCUT2D eigenvalue weighted by atomic mass is 16.5. The molecule has 1 heterocycles. The second-order valence-corrected chi connectivity index (χ2v) is 2.34. The van der Waals surface area contributed by atoms with Crippen LogP contribution in [0.15, 0.2) is 4.52 Å². The van der Waals surface area contributed by atoms with Gasteiger partial charge in [-0.15, -0.1) is 0 Å². The molecular weight excluding hydrogens is 142 g/mol. The van der Waals surface area contributed by atoms with E-state index in [9.17, 15) is 0 Å². The van der Waals surface area contributed by atoms with E-state index in [2.05, 4.69) is 22.4 Å². The minimum atomic E-state index is 0.705. The van der Waals surface area contributed by atoms with Gasteiger partial charge in [0.15, 0.2) is 5.82 Å². The number of rotatable bonds is 4. The highest BCUT2D eigenvalue weighted by molar-refractivity contribution is 4.82. The molecule has 4 nitrogen and oxygen atoms in total. The van der Waals surface area contributed by atoms with Gasteiger partial charge < -0.3 is 9.84 Å². The summed E-state index contributed by atoms with van der Waals surface area (Å²) in [5.41, 5.74) is 0. The number of nitrogens with one attached hydrogen (secondary N) is 1. The number of hydrogen-bond acceptors (Lipinski definition) is 4. The highest BCUT2D eigenvalue weighted by Crippen LogP contribution is 1.94. The summed E-state index contributed by atoms with van der Waals surface area (Å²) < 4.78 is 4.91. The van der Waals surface area contributed by atoms with E-state index in [-0.39, 0.29) is 0 Å². The lowest BCUT2D eigenvalue weighted by Gasteiger charge is -1.94. The lowest BCUT2D eigenvalue weighted by Crippen LogP contribution is -2.16. The second-order valence-electron chi connectivity index (χ2n) is 2.34. The number of nitrogens with zero attached hydrogens (tertiary/aromatic N) is 2. The molecule has 0 amide bonds. The van der Waals surface area contributed by atoms with Crippen molar-refractivity contribution in [2.75, 3.05) is 13.1 Å². The van der Waals surface area contributed by atoms with Crippen molar-refractivity contribution in [3.05, 3.63) is 11.7 Å². The summed E-state index contributed by atoms with van der Waals surface area (Å²) in [6, 6.07) is 0. The first kappa shape index (κ1) is 8.20. The van der Waals surface area contributed by atoms with Crippen LogP contribution < -0.4 is 5.32 Å². The van der Waals surface area contributed by atoms with Crippen molar-refractivity contribution < 1.29 is 4.52 Å². The molecule has 4 heteroatoms. The van der Waals surface area contributed by atoms with E-state index in [4.69, 9.17) is 4.52 Å². The van der Waals surface area contributed by atoms with E-state index < -0.39 is 0 Å². The van der Waals surface area contributed by atoms with Gasteiger partial charge in [-0.3, -0.25) is 0 Å². The third-order valence-electron chi connectivity index (χ3n) is 1.34. The zero-order chi connectivity index (χ0) is 8.10. The molecule has 0 saturated carbocycles. The summed E-state index contributed by atoms with van der Waals surface area (Å²) in [5.74, 6) is 1.42. The molecule has 1 aromatic heterocycles. The van der Waals surface area contributed by atoms with Crippen LogP contribution in [-0.4, -0.2) is 23.2 Å². The Morgan fingerprint density at radius 3 is 2.91 bits per heavy atom. The summed E-state index contributed by atoms with van der Waals surface area (Å²) in [5, 5.41) is 6.86. The quantitative estimate of drug-likeness (QED) is 0.644. The van der Waals surface area contributed by atoms with Crippen molar-refractivity contribution >= 4 is 0 Å². The molecule has 0 aromatic carbocycles. The van der Waals surface area contributed by atoms with Crippen molar-refractivity contribution in [2.45, 2.75) is 20.3 Å². The minimum absolute atomic E-state index is 0.705. The number of hydrogen-bond donors (Lipinski definition) is 1. The summed E-state index contributed by atoms with van der Waals surface area (Å²) >= 11 is 0. The predicted molar refractivity (Wildman–Crippen MR) is 41.3 cm³/mol. The van der Waals surface area contributed by atoms with Gasteiger partial charge >= 0.3 is 0 Å². The molecule has 0 atom stereocenters. The van der Waals surface area contributed by atoms with Gasteiger partial charge in [0.2, 0.25) is 5.89 Å². The van der Waals surface area contributed by atoms with Gasteiger partial charge in [0, 0.05) is 13.0 Å². The molecule has 0 fully saturated rings. The van der Waals surface area contributed by atoms with E-state index in [0.717, 1.165) is 19.5 Å². The normalized spacial score (nSPS) is 10.4. The summed E-state index contributed by atoms with van der Waals surface area (Å²) in [6.45, 7) is 5.77. The number of aryl methyl sites for hydroxylation is 1. The topological polar surface area (TPSA) is 51.0 Å². The number of aromatic nitrogens is 2. The van der Waals surface area contributed by atoms with Crippen LogP contribution in [0.1, 0.15) is 18.6 Å². The summed E-state index contributed by atoms with van der Waals surface area (Å²) in [7, 11) is 0. The Kier molecular flexibility index (Phi) is 3.04. The fraction of sp³-hybridized carbons (Fsp3) is 0.714. The Balaban J connectivity index is 2.27. The fourth-order valence-corrected chi connectivity index (χ4v) is 0.814. The van der Waals surface area contributed by atoms with Crippen LogP contribution in [0.3, 0.4) is 0 Å². The predicted octanol–water partition coefficient (Wildman–Crippen LogP) is 0.530. The minimum Gasteiger partial charge on any atom is -0.339 e. The van der Waals surface area contributed by atoms with E-state index in [1.807, 2.05) is 6.92 Å².